The third-order valence-corrected chi connectivity index (χ3v) is 3.73. The second-order valence-corrected chi connectivity index (χ2v) is 5.95. The van der Waals surface area contributed by atoms with E-state index >= 15 is 0 Å². The fourth-order valence-corrected chi connectivity index (χ4v) is 2.24. The van der Waals surface area contributed by atoms with Crippen molar-refractivity contribution in [2.75, 3.05) is 19.8 Å². The highest BCUT2D eigenvalue weighted by Crippen LogP contribution is 2.26. The molecule has 1 atom stereocenters. The molecule has 1 unspecified atom stereocenters. The number of halogens is 1. The predicted octanol–water partition coefficient (Wildman–Crippen LogP) is 0.912. The number of carbonyl (C=O) groups is 1. The molecular weight excluding hydrogens is 294 g/mol. The van der Waals surface area contributed by atoms with Crippen LogP contribution in [0.1, 0.15) is 25.3 Å². The topological polar surface area (TPSA) is 89.8 Å². The molecule has 0 aromatic heterocycles. The maximum Gasteiger partial charge on any atom is 0.228 e. The molecule has 0 saturated carbocycles. The normalized spacial score (nSPS) is 13.3. The van der Waals surface area contributed by atoms with Gasteiger partial charge in [0.1, 0.15) is 5.54 Å². The number of carbonyl (C=O) groups excluding carboxylic acids is 1. The Kier molecular flexibility index (Phi) is 6.61. The lowest BCUT2D eigenvalue weighted by Gasteiger charge is -2.32. The molecule has 4 N–H and O–H groups in total. The second-order valence-electron chi connectivity index (χ2n) is 5.52. The van der Waals surface area contributed by atoms with Crippen LogP contribution in [0.25, 0.3) is 0 Å². The SMILES string of the molecule is CC(C)C(C(=O)NC(CO)(CO)CO)c1ccc(Cl)cc1. The first-order valence-corrected chi connectivity index (χ1v) is 7.17. The van der Waals surface area contributed by atoms with Crippen LogP contribution in [0.15, 0.2) is 24.3 Å². The van der Waals surface area contributed by atoms with Crippen molar-refractivity contribution in [1.29, 1.82) is 0 Å². The van der Waals surface area contributed by atoms with Gasteiger partial charge in [0.05, 0.1) is 25.7 Å². The molecule has 0 heterocycles. The van der Waals surface area contributed by atoms with Gasteiger partial charge >= 0.3 is 0 Å². The van der Waals surface area contributed by atoms with Gasteiger partial charge in [-0.1, -0.05) is 37.6 Å². The van der Waals surface area contributed by atoms with E-state index in [1.165, 1.54) is 0 Å². The van der Waals surface area contributed by atoms with E-state index in [-0.39, 0.29) is 11.8 Å². The van der Waals surface area contributed by atoms with Crippen LogP contribution in [0.3, 0.4) is 0 Å². The summed E-state index contributed by atoms with van der Waals surface area (Å²) in [6.45, 7) is 2.17. The van der Waals surface area contributed by atoms with Crippen LogP contribution in [0.4, 0.5) is 0 Å². The molecule has 0 saturated heterocycles. The largest absolute Gasteiger partial charge is 0.394 e. The van der Waals surface area contributed by atoms with Crippen LogP contribution in [-0.4, -0.2) is 46.6 Å². The molecule has 0 bridgehead atoms. The van der Waals surface area contributed by atoms with Gasteiger partial charge in [0, 0.05) is 5.02 Å². The highest BCUT2D eigenvalue weighted by atomic mass is 35.5. The molecule has 0 aliphatic rings. The molecule has 6 heteroatoms. The van der Waals surface area contributed by atoms with Crippen molar-refractivity contribution >= 4 is 17.5 Å². The Balaban J connectivity index is 3.01. The number of hydrogen-bond donors (Lipinski definition) is 4. The molecule has 21 heavy (non-hydrogen) atoms. The van der Waals surface area contributed by atoms with Crippen molar-refractivity contribution in [3.8, 4) is 0 Å². The maximum atomic E-state index is 12.5. The van der Waals surface area contributed by atoms with E-state index in [4.69, 9.17) is 11.6 Å². The van der Waals surface area contributed by atoms with Crippen LogP contribution in [0.2, 0.25) is 5.02 Å². The van der Waals surface area contributed by atoms with Crippen LogP contribution in [-0.2, 0) is 4.79 Å². The smallest absolute Gasteiger partial charge is 0.228 e. The number of amides is 1. The number of nitrogens with one attached hydrogen (secondary N) is 1. The molecule has 0 aliphatic heterocycles. The molecule has 1 rings (SSSR count). The van der Waals surface area contributed by atoms with E-state index in [1.807, 2.05) is 13.8 Å². The second kappa shape index (κ2) is 7.75. The monoisotopic (exact) mass is 315 g/mol. The molecular formula is C15H22ClNO4. The maximum absolute atomic E-state index is 12.5. The summed E-state index contributed by atoms with van der Waals surface area (Å²) in [6.07, 6.45) is 0. The molecule has 1 aromatic rings. The Morgan fingerprint density at radius 2 is 1.62 bits per heavy atom. The van der Waals surface area contributed by atoms with Crippen molar-refractivity contribution in [1.82, 2.24) is 5.32 Å². The summed E-state index contributed by atoms with van der Waals surface area (Å²) in [6, 6.07) is 6.95. The minimum Gasteiger partial charge on any atom is -0.394 e. The highest BCUT2D eigenvalue weighted by molar-refractivity contribution is 6.30. The van der Waals surface area contributed by atoms with Crippen LogP contribution in [0.5, 0.6) is 0 Å². The first-order valence-electron chi connectivity index (χ1n) is 6.79. The number of aliphatic hydroxyl groups is 3. The van der Waals surface area contributed by atoms with Gasteiger partial charge in [0.2, 0.25) is 5.91 Å². The van der Waals surface area contributed by atoms with E-state index in [0.717, 1.165) is 5.56 Å². The van der Waals surface area contributed by atoms with Crippen molar-refractivity contribution < 1.29 is 20.1 Å². The lowest BCUT2D eigenvalue weighted by atomic mass is 9.86. The minimum atomic E-state index is -1.42. The summed E-state index contributed by atoms with van der Waals surface area (Å²) < 4.78 is 0. The van der Waals surface area contributed by atoms with Crippen molar-refractivity contribution in [2.24, 2.45) is 5.92 Å². The van der Waals surface area contributed by atoms with E-state index in [9.17, 15) is 20.1 Å². The summed E-state index contributed by atoms with van der Waals surface area (Å²) >= 11 is 5.85. The van der Waals surface area contributed by atoms with Gasteiger partial charge < -0.3 is 20.6 Å². The first kappa shape index (κ1) is 17.9. The average molecular weight is 316 g/mol. The lowest BCUT2D eigenvalue weighted by molar-refractivity contribution is -0.127. The Bertz CT molecular complexity index is 449. The van der Waals surface area contributed by atoms with Crippen molar-refractivity contribution in [3.05, 3.63) is 34.9 Å². The molecule has 0 spiro atoms. The molecule has 1 aromatic carbocycles. The standard InChI is InChI=1S/C15H22ClNO4/c1-10(2)13(11-3-5-12(16)6-4-11)14(21)17-15(7-18,8-19)9-20/h3-6,10,13,18-20H,7-9H2,1-2H3,(H,17,21). The zero-order chi connectivity index (χ0) is 16.0. The van der Waals surface area contributed by atoms with Gasteiger partial charge in [-0.05, 0) is 23.6 Å². The van der Waals surface area contributed by atoms with E-state index in [2.05, 4.69) is 5.32 Å². The van der Waals surface area contributed by atoms with Crippen molar-refractivity contribution in [3.63, 3.8) is 0 Å². The number of aliphatic hydroxyl groups excluding tert-OH is 3. The first-order chi connectivity index (χ1) is 9.89. The number of rotatable bonds is 7. The minimum absolute atomic E-state index is 0.0000425. The van der Waals surface area contributed by atoms with Crippen LogP contribution >= 0.6 is 11.6 Å². The highest BCUT2D eigenvalue weighted by Gasteiger charge is 2.34. The quantitative estimate of drug-likeness (QED) is 0.602. The Morgan fingerprint density at radius 1 is 1.14 bits per heavy atom. The van der Waals surface area contributed by atoms with Gasteiger partial charge in [-0.15, -0.1) is 0 Å². The molecule has 1 amide bonds. The van der Waals surface area contributed by atoms with E-state index in [1.54, 1.807) is 24.3 Å². The molecule has 0 aliphatic carbocycles. The van der Waals surface area contributed by atoms with Gasteiger partial charge in [-0.25, -0.2) is 0 Å². The molecule has 5 nitrogen and oxygen atoms in total. The summed E-state index contributed by atoms with van der Waals surface area (Å²) in [4.78, 5) is 12.5. The van der Waals surface area contributed by atoms with Crippen LogP contribution < -0.4 is 5.32 Å². The fraction of sp³-hybridized carbons (Fsp3) is 0.533. The fourth-order valence-electron chi connectivity index (χ4n) is 2.12. The summed E-state index contributed by atoms with van der Waals surface area (Å²) in [5, 5.41) is 31.0. The van der Waals surface area contributed by atoms with E-state index < -0.39 is 31.3 Å². The van der Waals surface area contributed by atoms with Crippen molar-refractivity contribution in [2.45, 2.75) is 25.3 Å². The zero-order valence-corrected chi connectivity index (χ0v) is 13.0. The van der Waals surface area contributed by atoms with Gasteiger partial charge in [-0.2, -0.15) is 0 Å². The van der Waals surface area contributed by atoms with Crippen LogP contribution in [0, 0.1) is 5.92 Å². The zero-order valence-electron chi connectivity index (χ0n) is 12.2. The number of benzene rings is 1. The van der Waals surface area contributed by atoms with Gasteiger partial charge in [0.15, 0.2) is 0 Å². The summed E-state index contributed by atoms with van der Waals surface area (Å²) in [5.41, 5.74) is -0.633. The third kappa shape index (κ3) is 4.41. The Morgan fingerprint density at radius 3 is 2.00 bits per heavy atom. The molecule has 118 valence electrons. The Labute approximate surface area is 129 Å². The van der Waals surface area contributed by atoms with Gasteiger partial charge in [-0.3, -0.25) is 4.79 Å². The Hall–Kier alpha value is -1.14. The predicted molar refractivity (Wildman–Crippen MR) is 81.2 cm³/mol. The number of hydrogen-bond acceptors (Lipinski definition) is 4. The summed E-state index contributed by atoms with van der Waals surface area (Å²) in [7, 11) is 0. The molecule has 0 radical (unpaired) electrons. The average Bonchev–Trinajstić information content (AvgIpc) is 2.47. The lowest BCUT2D eigenvalue weighted by Crippen LogP contribution is -2.58. The summed E-state index contributed by atoms with van der Waals surface area (Å²) in [5.74, 6) is -0.823. The van der Waals surface area contributed by atoms with Gasteiger partial charge in [0.25, 0.3) is 0 Å². The molecule has 0 fully saturated rings. The third-order valence-electron chi connectivity index (χ3n) is 3.47. The van der Waals surface area contributed by atoms with E-state index in [0.29, 0.717) is 5.02 Å².